The smallest absolute Gasteiger partial charge is 0.276 e. The summed E-state index contributed by atoms with van der Waals surface area (Å²) in [6.07, 6.45) is 2.97. The van der Waals surface area contributed by atoms with Crippen molar-refractivity contribution in [3.63, 3.8) is 0 Å². The maximum atomic E-state index is 13.2. The summed E-state index contributed by atoms with van der Waals surface area (Å²) in [5, 5.41) is 14.7. The molecule has 1 aliphatic rings. The molecule has 6 heteroatoms. The van der Waals surface area contributed by atoms with Gasteiger partial charge in [-0.3, -0.25) is 19.8 Å². The molecule has 0 aromatic heterocycles. The number of amides is 1. The Labute approximate surface area is 168 Å². The summed E-state index contributed by atoms with van der Waals surface area (Å²) in [7, 11) is 0. The monoisotopic (exact) mass is 385 g/mol. The van der Waals surface area contributed by atoms with Gasteiger partial charge >= 0.3 is 0 Å². The van der Waals surface area contributed by atoms with Crippen LogP contribution in [0.25, 0.3) is 6.08 Å². The van der Waals surface area contributed by atoms with E-state index in [1.807, 2.05) is 49.4 Å². The third-order valence-corrected chi connectivity index (χ3v) is 4.86. The number of nitro groups is 1. The van der Waals surface area contributed by atoms with Crippen LogP contribution in [0.2, 0.25) is 0 Å². The van der Waals surface area contributed by atoms with Gasteiger partial charge in [-0.2, -0.15) is 0 Å². The summed E-state index contributed by atoms with van der Waals surface area (Å²) in [5.74, 6) is -0.125. The Morgan fingerprint density at radius 2 is 1.69 bits per heavy atom. The Balaban J connectivity index is 1.76. The zero-order valence-electron chi connectivity index (χ0n) is 15.8. The minimum Gasteiger partial charge on any atom is -0.361 e. The number of nitrogens with zero attached hydrogens (tertiary/aromatic N) is 2. The molecule has 0 aliphatic carbocycles. The van der Waals surface area contributed by atoms with Crippen LogP contribution >= 0.6 is 0 Å². The number of anilines is 2. The molecular weight excluding hydrogens is 366 g/mol. The van der Waals surface area contributed by atoms with Gasteiger partial charge in [-0.05, 0) is 49.4 Å². The van der Waals surface area contributed by atoms with Gasteiger partial charge in [0.15, 0.2) is 0 Å². The van der Waals surface area contributed by atoms with Gasteiger partial charge in [0.2, 0.25) is 0 Å². The lowest BCUT2D eigenvalue weighted by atomic mass is 10.0. The summed E-state index contributed by atoms with van der Waals surface area (Å²) in [5.41, 5.74) is 3.67. The summed E-state index contributed by atoms with van der Waals surface area (Å²) in [6.45, 7) is 1.99. The normalized spacial score (nSPS) is 15.8. The second kappa shape index (κ2) is 7.59. The third kappa shape index (κ3) is 3.60. The first-order chi connectivity index (χ1) is 14.0. The van der Waals surface area contributed by atoms with Gasteiger partial charge in [-0.25, -0.2) is 0 Å². The van der Waals surface area contributed by atoms with E-state index in [0.29, 0.717) is 11.1 Å². The zero-order chi connectivity index (χ0) is 20.4. The maximum Gasteiger partial charge on any atom is 0.276 e. The summed E-state index contributed by atoms with van der Waals surface area (Å²) >= 11 is 0. The van der Waals surface area contributed by atoms with E-state index in [1.165, 1.54) is 6.07 Å². The van der Waals surface area contributed by atoms with Crippen LogP contribution in [0.1, 0.15) is 21.5 Å². The van der Waals surface area contributed by atoms with Crippen molar-refractivity contribution in [1.82, 2.24) is 0 Å². The first-order valence-electron chi connectivity index (χ1n) is 9.22. The highest BCUT2D eigenvalue weighted by Crippen LogP contribution is 2.31. The van der Waals surface area contributed by atoms with Crippen LogP contribution < -0.4 is 10.2 Å². The zero-order valence-corrected chi connectivity index (χ0v) is 15.8. The summed E-state index contributed by atoms with van der Waals surface area (Å²) < 4.78 is 0. The highest BCUT2D eigenvalue weighted by molar-refractivity contribution is 6.12. The van der Waals surface area contributed by atoms with E-state index in [9.17, 15) is 14.9 Å². The Kier molecular flexibility index (Phi) is 4.83. The fourth-order valence-electron chi connectivity index (χ4n) is 3.38. The van der Waals surface area contributed by atoms with Crippen molar-refractivity contribution >= 4 is 29.0 Å². The Bertz CT molecular complexity index is 1110. The van der Waals surface area contributed by atoms with E-state index in [2.05, 4.69) is 5.32 Å². The minimum atomic E-state index is -0.486. The van der Waals surface area contributed by atoms with Gasteiger partial charge in [0.05, 0.1) is 16.1 Å². The molecule has 0 spiro atoms. The molecule has 144 valence electrons. The minimum absolute atomic E-state index is 0.0215. The van der Waals surface area contributed by atoms with Gasteiger partial charge in [-0.15, -0.1) is 0 Å². The lowest BCUT2D eigenvalue weighted by Crippen LogP contribution is -2.48. The van der Waals surface area contributed by atoms with E-state index in [4.69, 9.17) is 0 Å². The van der Waals surface area contributed by atoms with Crippen molar-refractivity contribution in [3.05, 3.63) is 106 Å². The molecule has 6 nitrogen and oxygen atoms in total. The molecule has 0 bridgehead atoms. The highest BCUT2D eigenvalue weighted by Gasteiger charge is 2.31. The molecule has 1 atom stereocenters. The van der Waals surface area contributed by atoms with Crippen molar-refractivity contribution in [2.75, 3.05) is 10.2 Å². The van der Waals surface area contributed by atoms with E-state index < -0.39 is 11.1 Å². The molecule has 4 rings (SSSR count). The van der Waals surface area contributed by atoms with Crippen LogP contribution in [0.3, 0.4) is 0 Å². The van der Waals surface area contributed by atoms with E-state index in [0.717, 1.165) is 16.9 Å². The number of hydrogen-bond donors (Lipinski definition) is 1. The van der Waals surface area contributed by atoms with Gasteiger partial charge in [0, 0.05) is 17.4 Å². The van der Waals surface area contributed by atoms with E-state index in [1.54, 1.807) is 41.3 Å². The first-order valence-corrected chi connectivity index (χ1v) is 9.22. The highest BCUT2D eigenvalue weighted by atomic mass is 16.6. The van der Waals surface area contributed by atoms with Crippen LogP contribution in [0, 0.1) is 17.0 Å². The second-order valence-corrected chi connectivity index (χ2v) is 6.82. The molecule has 0 radical (unpaired) electrons. The number of rotatable bonds is 4. The van der Waals surface area contributed by atoms with E-state index >= 15 is 0 Å². The van der Waals surface area contributed by atoms with Gasteiger partial charge in [0.1, 0.15) is 6.17 Å². The molecule has 0 unspecified atom stereocenters. The van der Waals surface area contributed by atoms with Gasteiger partial charge in [-0.1, -0.05) is 42.0 Å². The third-order valence-electron chi connectivity index (χ3n) is 4.86. The predicted octanol–water partition coefficient (Wildman–Crippen LogP) is 5.02. The SMILES string of the molecule is Cc1ccc(N2C(=O)c3ccccc3N[C@@H]2/C=C\c2ccccc2[N+](=O)[O-])cc1. The van der Waals surface area contributed by atoms with Crippen LogP contribution in [0.4, 0.5) is 17.1 Å². The quantitative estimate of drug-likeness (QED) is 0.506. The molecule has 1 heterocycles. The molecule has 1 amide bonds. The van der Waals surface area contributed by atoms with Crippen molar-refractivity contribution in [3.8, 4) is 0 Å². The number of fused-ring (bicyclic) bond motifs is 1. The number of para-hydroxylation sites is 2. The molecule has 3 aromatic rings. The number of nitrogens with one attached hydrogen (secondary N) is 1. The molecule has 3 aromatic carbocycles. The van der Waals surface area contributed by atoms with E-state index in [-0.39, 0.29) is 11.6 Å². The largest absolute Gasteiger partial charge is 0.361 e. The second-order valence-electron chi connectivity index (χ2n) is 6.82. The summed E-state index contributed by atoms with van der Waals surface area (Å²) in [4.78, 5) is 25.8. The van der Waals surface area contributed by atoms with Crippen molar-refractivity contribution < 1.29 is 9.72 Å². The molecular formula is C23H19N3O3. The molecule has 29 heavy (non-hydrogen) atoms. The van der Waals surface area contributed by atoms with Crippen molar-refractivity contribution in [2.45, 2.75) is 13.1 Å². The maximum absolute atomic E-state index is 13.2. The Morgan fingerprint density at radius 1 is 1.00 bits per heavy atom. The molecule has 0 fully saturated rings. The number of benzene rings is 3. The number of hydrogen-bond acceptors (Lipinski definition) is 4. The van der Waals surface area contributed by atoms with Crippen molar-refractivity contribution in [1.29, 1.82) is 0 Å². The fourth-order valence-corrected chi connectivity index (χ4v) is 3.38. The lowest BCUT2D eigenvalue weighted by Gasteiger charge is -2.36. The molecule has 0 saturated heterocycles. The Hall–Kier alpha value is -3.93. The topological polar surface area (TPSA) is 75.5 Å². The Morgan fingerprint density at radius 3 is 2.45 bits per heavy atom. The first kappa shape index (κ1) is 18.4. The number of nitro benzene ring substituents is 1. The van der Waals surface area contributed by atoms with Gasteiger partial charge < -0.3 is 5.32 Å². The number of carbonyl (C=O) groups excluding carboxylic acids is 1. The average Bonchev–Trinajstić information content (AvgIpc) is 2.73. The number of carbonyl (C=O) groups is 1. The molecule has 1 aliphatic heterocycles. The predicted molar refractivity (Wildman–Crippen MR) is 114 cm³/mol. The number of aryl methyl sites for hydroxylation is 1. The van der Waals surface area contributed by atoms with Crippen LogP contribution in [-0.4, -0.2) is 17.0 Å². The fraction of sp³-hybridized carbons (Fsp3) is 0.0870. The van der Waals surface area contributed by atoms with Crippen LogP contribution in [0.5, 0.6) is 0 Å². The molecule has 1 N–H and O–H groups in total. The molecule has 0 saturated carbocycles. The van der Waals surface area contributed by atoms with Gasteiger partial charge in [0.25, 0.3) is 11.6 Å². The van der Waals surface area contributed by atoms with Crippen molar-refractivity contribution in [2.24, 2.45) is 0 Å². The average molecular weight is 385 g/mol. The summed E-state index contributed by atoms with van der Waals surface area (Å²) in [6, 6.07) is 21.6. The van der Waals surface area contributed by atoms with Crippen LogP contribution in [-0.2, 0) is 0 Å². The van der Waals surface area contributed by atoms with Crippen LogP contribution in [0.15, 0.2) is 78.9 Å². The lowest BCUT2D eigenvalue weighted by molar-refractivity contribution is -0.385. The standard InChI is InChI=1S/C23H19N3O3/c1-16-10-13-18(14-11-16)25-22(24-20-8-4-3-7-19(20)23(25)27)15-12-17-6-2-5-9-21(17)26(28)29/h2-15,22,24H,1H3/b15-12-/t22-/m0/s1.